The second-order valence-corrected chi connectivity index (χ2v) is 9.49. The molecule has 6 nitrogen and oxygen atoms in total. The van der Waals surface area contributed by atoms with Gasteiger partial charge in [-0.25, -0.2) is 0 Å². The van der Waals surface area contributed by atoms with Crippen molar-refractivity contribution < 1.29 is 14.3 Å². The van der Waals surface area contributed by atoms with Crippen LogP contribution in [0.3, 0.4) is 0 Å². The summed E-state index contributed by atoms with van der Waals surface area (Å²) in [6.45, 7) is 2.76. The third kappa shape index (κ3) is 7.29. The number of carbonyl (C=O) groups is 1. The fourth-order valence-corrected chi connectivity index (χ4v) is 4.12. The van der Waals surface area contributed by atoms with Crippen molar-refractivity contribution in [1.29, 1.82) is 0 Å². The molecule has 3 aromatic carbocycles. The Hall–Kier alpha value is -3.45. The van der Waals surface area contributed by atoms with Gasteiger partial charge in [0.25, 0.3) is 0 Å². The lowest BCUT2D eigenvalue weighted by molar-refractivity contribution is -0.111. The van der Waals surface area contributed by atoms with Gasteiger partial charge in [-0.05, 0) is 66.1 Å². The van der Waals surface area contributed by atoms with E-state index in [1.165, 1.54) is 6.08 Å². The Morgan fingerprint density at radius 3 is 2.62 bits per heavy atom. The Bertz CT molecular complexity index is 1450. The van der Waals surface area contributed by atoms with Gasteiger partial charge in [0.05, 0.1) is 23.7 Å². The molecule has 0 atom stereocenters. The molecule has 0 saturated carbocycles. The maximum atomic E-state index is 12.6. The van der Waals surface area contributed by atoms with Gasteiger partial charge in [-0.2, -0.15) is 5.10 Å². The molecule has 1 N–H and O–H groups in total. The Morgan fingerprint density at radius 2 is 1.86 bits per heavy atom. The smallest absolute Gasteiger partial charge is 0.249 e. The zero-order valence-electron chi connectivity index (χ0n) is 20.2. The number of hydrogen-bond donors (Lipinski definition) is 1. The van der Waals surface area contributed by atoms with Crippen LogP contribution < -0.4 is 14.8 Å². The maximum absolute atomic E-state index is 12.6. The first-order valence-electron chi connectivity index (χ1n) is 11.3. The summed E-state index contributed by atoms with van der Waals surface area (Å²) in [4.78, 5) is 12.6. The van der Waals surface area contributed by atoms with Gasteiger partial charge < -0.3 is 14.8 Å². The number of halogens is 3. The molecular weight excluding hydrogens is 533 g/mol. The third-order valence-electron chi connectivity index (χ3n) is 5.40. The van der Waals surface area contributed by atoms with Gasteiger partial charge in [0, 0.05) is 17.8 Å². The number of methoxy groups -OCH3 is 1. The van der Waals surface area contributed by atoms with Crippen LogP contribution in [0.1, 0.15) is 22.3 Å². The quantitative estimate of drug-likeness (QED) is 0.218. The van der Waals surface area contributed by atoms with Crippen LogP contribution in [-0.2, 0) is 17.9 Å². The molecule has 0 bridgehead atoms. The number of rotatable bonds is 9. The van der Waals surface area contributed by atoms with Crippen LogP contribution in [0.4, 0.5) is 5.82 Å². The lowest BCUT2D eigenvalue weighted by Crippen LogP contribution is -2.09. The number of nitrogens with zero attached hydrogens (tertiary/aromatic N) is 2. The van der Waals surface area contributed by atoms with E-state index in [9.17, 15) is 4.79 Å². The van der Waals surface area contributed by atoms with Gasteiger partial charge in [0.15, 0.2) is 5.82 Å². The number of amides is 1. The number of benzene rings is 3. The minimum atomic E-state index is -0.366. The normalized spacial score (nSPS) is 11.1. The standard InChI is InChI=1S/C28H24Cl3N3O3/c1-18-4-3-5-22(12-18)37-17-21-13-19(7-10-26(21)36-2)8-11-27(35)32-28-25(31)16-34(33-28)15-20-6-9-23(29)24(30)14-20/h3-14,16H,15,17H2,1-2H3,(H,32,33,35)/b11-8+. The highest BCUT2D eigenvalue weighted by Gasteiger charge is 2.11. The number of anilines is 1. The van der Waals surface area contributed by atoms with Crippen LogP contribution in [0.5, 0.6) is 11.5 Å². The molecule has 0 aliphatic heterocycles. The SMILES string of the molecule is COc1ccc(/C=C/C(=O)Nc2nn(Cc3ccc(Cl)c(Cl)c3)cc2Cl)cc1COc1cccc(C)c1. The van der Waals surface area contributed by atoms with Crippen LogP contribution in [0.2, 0.25) is 15.1 Å². The zero-order valence-corrected chi connectivity index (χ0v) is 22.4. The van der Waals surface area contributed by atoms with Crippen molar-refractivity contribution in [2.75, 3.05) is 12.4 Å². The monoisotopic (exact) mass is 555 g/mol. The molecule has 0 fully saturated rings. The number of aryl methyl sites for hydroxylation is 1. The maximum Gasteiger partial charge on any atom is 0.249 e. The molecule has 0 radical (unpaired) electrons. The van der Waals surface area contributed by atoms with Crippen LogP contribution in [0.25, 0.3) is 6.08 Å². The van der Waals surface area contributed by atoms with E-state index in [2.05, 4.69) is 10.4 Å². The van der Waals surface area contributed by atoms with Gasteiger partial charge in [0.1, 0.15) is 23.1 Å². The van der Waals surface area contributed by atoms with E-state index < -0.39 is 0 Å². The Morgan fingerprint density at radius 1 is 1.03 bits per heavy atom. The van der Waals surface area contributed by atoms with E-state index >= 15 is 0 Å². The van der Waals surface area contributed by atoms with E-state index in [4.69, 9.17) is 44.3 Å². The Balaban J connectivity index is 1.40. The first-order valence-corrected chi connectivity index (χ1v) is 12.5. The number of aromatic nitrogens is 2. The largest absolute Gasteiger partial charge is 0.496 e. The molecule has 1 aromatic heterocycles. The second kappa shape index (κ2) is 12.2. The highest BCUT2D eigenvalue weighted by molar-refractivity contribution is 6.42. The van der Waals surface area contributed by atoms with Crippen molar-refractivity contribution >= 4 is 52.6 Å². The molecule has 4 rings (SSSR count). The van der Waals surface area contributed by atoms with Crippen molar-refractivity contribution in [2.24, 2.45) is 0 Å². The third-order valence-corrected chi connectivity index (χ3v) is 6.42. The summed E-state index contributed by atoms with van der Waals surface area (Å²) in [5.74, 6) is 1.37. The fraction of sp³-hybridized carbons (Fsp3) is 0.143. The fourth-order valence-electron chi connectivity index (χ4n) is 3.60. The number of carbonyl (C=O) groups excluding carboxylic acids is 1. The van der Waals surface area contributed by atoms with Crippen LogP contribution >= 0.6 is 34.8 Å². The molecule has 9 heteroatoms. The van der Waals surface area contributed by atoms with Crippen molar-refractivity contribution in [3.63, 3.8) is 0 Å². The predicted molar refractivity (Wildman–Crippen MR) is 149 cm³/mol. The van der Waals surface area contributed by atoms with Gasteiger partial charge in [0.2, 0.25) is 5.91 Å². The van der Waals surface area contributed by atoms with Gasteiger partial charge in [-0.3, -0.25) is 9.48 Å². The highest BCUT2D eigenvalue weighted by atomic mass is 35.5. The first-order chi connectivity index (χ1) is 17.8. The van der Waals surface area contributed by atoms with E-state index in [1.807, 2.05) is 55.5 Å². The minimum absolute atomic E-state index is 0.262. The Kier molecular flexibility index (Phi) is 8.77. The van der Waals surface area contributed by atoms with Crippen molar-refractivity contribution in [1.82, 2.24) is 9.78 Å². The van der Waals surface area contributed by atoms with E-state index in [-0.39, 0.29) is 11.7 Å². The molecule has 0 aliphatic rings. The molecule has 190 valence electrons. The average Bonchev–Trinajstić information content (AvgIpc) is 3.21. The second-order valence-electron chi connectivity index (χ2n) is 8.27. The molecule has 0 aliphatic carbocycles. The minimum Gasteiger partial charge on any atom is -0.496 e. The summed E-state index contributed by atoms with van der Waals surface area (Å²) in [5.41, 5.74) is 3.69. The van der Waals surface area contributed by atoms with Gasteiger partial charge in [-0.1, -0.05) is 59.1 Å². The first kappa shape index (κ1) is 26.6. The summed E-state index contributed by atoms with van der Waals surface area (Å²) in [5, 5.41) is 8.33. The lowest BCUT2D eigenvalue weighted by Gasteiger charge is -2.11. The summed E-state index contributed by atoms with van der Waals surface area (Å²) in [6, 6.07) is 18.8. The predicted octanol–water partition coefficient (Wildman–Crippen LogP) is 7.44. The van der Waals surface area contributed by atoms with E-state index in [1.54, 1.807) is 36.2 Å². The molecule has 4 aromatic rings. The van der Waals surface area contributed by atoms with Crippen molar-refractivity contribution in [2.45, 2.75) is 20.1 Å². The average molecular weight is 557 g/mol. The highest BCUT2D eigenvalue weighted by Crippen LogP contribution is 2.25. The van der Waals surface area contributed by atoms with E-state index in [0.29, 0.717) is 34.0 Å². The van der Waals surface area contributed by atoms with Crippen molar-refractivity contribution in [3.05, 3.63) is 110 Å². The Labute approximate surface area is 230 Å². The topological polar surface area (TPSA) is 65.4 Å². The number of nitrogens with one attached hydrogen (secondary N) is 1. The molecule has 1 heterocycles. The van der Waals surface area contributed by atoms with Gasteiger partial charge in [-0.15, -0.1) is 0 Å². The molecular formula is C28H24Cl3N3O3. The molecule has 0 unspecified atom stereocenters. The summed E-state index contributed by atoms with van der Waals surface area (Å²) >= 11 is 18.3. The number of ether oxygens (including phenoxy) is 2. The van der Waals surface area contributed by atoms with Gasteiger partial charge >= 0.3 is 0 Å². The zero-order chi connectivity index (χ0) is 26.4. The summed E-state index contributed by atoms with van der Waals surface area (Å²) in [6.07, 6.45) is 4.75. The van der Waals surface area contributed by atoms with Crippen LogP contribution in [0, 0.1) is 6.92 Å². The van der Waals surface area contributed by atoms with Crippen LogP contribution in [0.15, 0.2) is 72.9 Å². The van der Waals surface area contributed by atoms with Crippen molar-refractivity contribution in [3.8, 4) is 11.5 Å². The summed E-state index contributed by atoms with van der Waals surface area (Å²) < 4.78 is 13.0. The lowest BCUT2D eigenvalue weighted by atomic mass is 10.1. The molecule has 1 amide bonds. The molecule has 37 heavy (non-hydrogen) atoms. The molecule has 0 saturated heterocycles. The summed E-state index contributed by atoms with van der Waals surface area (Å²) in [7, 11) is 1.61. The molecule has 0 spiro atoms. The number of hydrogen-bond acceptors (Lipinski definition) is 4. The van der Waals surface area contributed by atoms with Crippen LogP contribution in [-0.4, -0.2) is 22.8 Å². The van der Waals surface area contributed by atoms with E-state index in [0.717, 1.165) is 28.0 Å².